The van der Waals surface area contributed by atoms with E-state index in [9.17, 15) is 13.6 Å². The van der Waals surface area contributed by atoms with Crippen LogP contribution in [0.3, 0.4) is 0 Å². The molecule has 134 valence electrons. The molecule has 8 heteroatoms. The molecule has 0 aliphatic heterocycles. The Hall–Kier alpha value is -2.74. The van der Waals surface area contributed by atoms with Gasteiger partial charge in [-0.15, -0.1) is 10.2 Å². The number of carbonyl (C=O) groups is 1. The fraction of sp³-hybridized carbons (Fsp3) is 0.167. The van der Waals surface area contributed by atoms with Crippen LogP contribution in [0.1, 0.15) is 11.4 Å². The van der Waals surface area contributed by atoms with E-state index < -0.39 is 17.5 Å². The fourth-order valence-electron chi connectivity index (χ4n) is 2.31. The van der Waals surface area contributed by atoms with Gasteiger partial charge in [0.15, 0.2) is 5.16 Å². The van der Waals surface area contributed by atoms with Gasteiger partial charge in [0.25, 0.3) is 0 Å². The number of thioether (sulfide) groups is 1. The molecular weight excluding hydrogens is 358 g/mol. The fourth-order valence-corrected chi connectivity index (χ4v) is 3.04. The molecule has 3 aromatic rings. The van der Waals surface area contributed by atoms with Gasteiger partial charge in [0.05, 0.1) is 11.4 Å². The van der Waals surface area contributed by atoms with Gasteiger partial charge in [-0.25, -0.2) is 8.78 Å². The summed E-state index contributed by atoms with van der Waals surface area (Å²) in [5, 5.41) is 11.3. The Balaban J connectivity index is 1.58. The summed E-state index contributed by atoms with van der Waals surface area (Å²) in [6.45, 7) is 0. The second kappa shape index (κ2) is 8.09. The molecule has 1 aromatic heterocycles. The molecule has 0 saturated carbocycles. The number of amides is 1. The van der Waals surface area contributed by atoms with E-state index in [1.165, 1.54) is 17.8 Å². The Morgan fingerprint density at radius 1 is 1.15 bits per heavy atom. The minimum Gasteiger partial charge on any atom is -0.323 e. The van der Waals surface area contributed by atoms with Crippen molar-refractivity contribution in [2.75, 3.05) is 11.1 Å². The highest BCUT2D eigenvalue weighted by atomic mass is 32.2. The van der Waals surface area contributed by atoms with Crippen molar-refractivity contribution < 1.29 is 13.6 Å². The van der Waals surface area contributed by atoms with Gasteiger partial charge in [-0.2, -0.15) is 0 Å². The lowest BCUT2D eigenvalue weighted by molar-refractivity contribution is -0.113. The van der Waals surface area contributed by atoms with Crippen molar-refractivity contribution in [3.63, 3.8) is 0 Å². The van der Waals surface area contributed by atoms with Crippen LogP contribution in [0.25, 0.3) is 0 Å². The number of aromatic nitrogens is 3. The number of anilines is 1. The maximum absolute atomic E-state index is 13.6. The van der Waals surface area contributed by atoms with Gasteiger partial charge in [0.2, 0.25) is 5.91 Å². The van der Waals surface area contributed by atoms with Gasteiger partial charge in [-0.3, -0.25) is 4.79 Å². The van der Waals surface area contributed by atoms with Crippen molar-refractivity contribution in [1.29, 1.82) is 0 Å². The van der Waals surface area contributed by atoms with E-state index in [-0.39, 0.29) is 11.4 Å². The van der Waals surface area contributed by atoms with E-state index in [2.05, 4.69) is 15.5 Å². The molecule has 0 saturated heterocycles. The second-order valence-corrected chi connectivity index (χ2v) is 6.52. The predicted octanol–water partition coefficient (Wildman–Crippen LogP) is 3.41. The summed E-state index contributed by atoms with van der Waals surface area (Å²) in [6.07, 6.45) is 0.637. The molecule has 0 aliphatic rings. The summed E-state index contributed by atoms with van der Waals surface area (Å²) in [6, 6.07) is 12.9. The van der Waals surface area contributed by atoms with Crippen molar-refractivity contribution >= 4 is 23.4 Å². The number of halogens is 2. The average Bonchev–Trinajstić information content (AvgIpc) is 2.96. The molecule has 0 fully saturated rings. The van der Waals surface area contributed by atoms with Gasteiger partial charge >= 0.3 is 0 Å². The van der Waals surface area contributed by atoms with Crippen LogP contribution in [-0.4, -0.2) is 26.4 Å². The molecule has 1 heterocycles. The number of hydrogen-bond donors (Lipinski definition) is 1. The van der Waals surface area contributed by atoms with Crippen LogP contribution in [0.2, 0.25) is 0 Å². The highest BCUT2D eigenvalue weighted by Gasteiger charge is 2.13. The summed E-state index contributed by atoms with van der Waals surface area (Å²) in [5.74, 6) is -1.10. The average molecular weight is 374 g/mol. The first-order valence-electron chi connectivity index (χ1n) is 7.83. The lowest BCUT2D eigenvalue weighted by atomic mass is 10.1. The first-order valence-corrected chi connectivity index (χ1v) is 8.81. The third-order valence-corrected chi connectivity index (χ3v) is 4.69. The molecule has 0 aliphatic carbocycles. The number of nitrogens with one attached hydrogen (secondary N) is 1. The summed E-state index contributed by atoms with van der Waals surface area (Å²) in [5.41, 5.74) is 1.06. The van der Waals surface area contributed by atoms with Crippen LogP contribution in [0, 0.1) is 11.6 Å². The van der Waals surface area contributed by atoms with Crippen LogP contribution >= 0.6 is 11.8 Å². The van der Waals surface area contributed by atoms with Crippen LogP contribution in [-0.2, 0) is 18.3 Å². The first-order chi connectivity index (χ1) is 12.5. The molecule has 1 N–H and O–H groups in total. The number of rotatable bonds is 6. The van der Waals surface area contributed by atoms with Crippen LogP contribution < -0.4 is 5.32 Å². The van der Waals surface area contributed by atoms with Crippen molar-refractivity contribution in [3.8, 4) is 0 Å². The Morgan fingerprint density at radius 3 is 2.65 bits per heavy atom. The van der Waals surface area contributed by atoms with Gasteiger partial charge in [0.1, 0.15) is 17.5 Å². The molecule has 5 nitrogen and oxygen atoms in total. The summed E-state index contributed by atoms with van der Waals surface area (Å²) >= 11 is 1.20. The number of benzene rings is 2. The zero-order chi connectivity index (χ0) is 18.5. The summed E-state index contributed by atoms with van der Waals surface area (Å²) < 4.78 is 28.3. The predicted molar refractivity (Wildman–Crippen MR) is 96.0 cm³/mol. The SMILES string of the molecule is Cn1c(Cc2ccccc2)nnc1SCC(=O)Nc1ccc(F)cc1F. The third kappa shape index (κ3) is 4.45. The number of nitrogens with zero attached hydrogens (tertiary/aromatic N) is 3. The lowest BCUT2D eigenvalue weighted by Crippen LogP contribution is -2.15. The van der Waals surface area contributed by atoms with Crippen molar-refractivity contribution in [2.24, 2.45) is 7.05 Å². The minimum absolute atomic E-state index is 0.0358. The van der Waals surface area contributed by atoms with E-state index in [0.717, 1.165) is 23.5 Å². The van der Waals surface area contributed by atoms with Crippen molar-refractivity contribution in [1.82, 2.24) is 14.8 Å². The Kier molecular flexibility index (Phi) is 5.62. The summed E-state index contributed by atoms with van der Waals surface area (Å²) in [7, 11) is 1.83. The third-order valence-electron chi connectivity index (χ3n) is 3.67. The molecule has 3 rings (SSSR count). The molecular formula is C18H16F2N4OS. The smallest absolute Gasteiger partial charge is 0.234 e. The standard InChI is InChI=1S/C18H16F2N4OS/c1-24-16(9-12-5-3-2-4-6-12)22-23-18(24)26-11-17(25)21-15-8-7-13(19)10-14(15)20/h2-8,10H,9,11H2,1H3,(H,21,25). The molecule has 0 radical (unpaired) electrons. The first kappa shape index (κ1) is 18.1. The van der Waals surface area contributed by atoms with Crippen LogP contribution in [0.15, 0.2) is 53.7 Å². The molecule has 26 heavy (non-hydrogen) atoms. The number of carbonyl (C=O) groups excluding carboxylic acids is 1. The topological polar surface area (TPSA) is 59.8 Å². The Labute approximate surface area is 153 Å². The lowest BCUT2D eigenvalue weighted by Gasteiger charge is -2.06. The largest absolute Gasteiger partial charge is 0.323 e. The van der Waals surface area contributed by atoms with E-state index in [1.807, 2.05) is 41.9 Å². The normalized spacial score (nSPS) is 10.7. The maximum Gasteiger partial charge on any atom is 0.234 e. The highest BCUT2D eigenvalue weighted by Crippen LogP contribution is 2.19. The zero-order valence-electron chi connectivity index (χ0n) is 13.9. The van der Waals surface area contributed by atoms with Crippen molar-refractivity contribution in [3.05, 3.63) is 71.6 Å². The van der Waals surface area contributed by atoms with Gasteiger partial charge in [-0.05, 0) is 17.7 Å². The molecule has 0 spiro atoms. The van der Waals surface area contributed by atoms with E-state index in [0.29, 0.717) is 11.6 Å². The molecule has 1 amide bonds. The van der Waals surface area contributed by atoms with E-state index in [1.54, 1.807) is 0 Å². The number of hydrogen-bond acceptors (Lipinski definition) is 4. The molecule has 0 atom stereocenters. The highest BCUT2D eigenvalue weighted by molar-refractivity contribution is 7.99. The van der Waals surface area contributed by atoms with Gasteiger partial charge < -0.3 is 9.88 Å². The van der Waals surface area contributed by atoms with E-state index >= 15 is 0 Å². The Bertz CT molecular complexity index is 915. The zero-order valence-corrected chi connectivity index (χ0v) is 14.8. The quantitative estimate of drug-likeness (QED) is 0.672. The second-order valence-electron chi connectivity index (χ2n) is 5.58. The van der Waals surface area contributed by atoms with Crippen LogP contribution in [0.5, 0.6) is 0 Å². The van der Waals surface area contributed by atoms with E-state index in [4.69, 9.17) is 0 Å². The monoisotopic (exact) mass is 374 g/mol. The maximum atomic E-state index is 13.6. The summed E-state index contributed by atoms with van der Waals surface area (Å²) in [4.78, 5) is 12.0. The van der Waals surface area contributed by atoms with Crippen molar-refractivity contribution in [2.45, 2.75) is 11.6 Å². The van der Waals surface area contributed by atoms with Crippen LogP contribution in [0.4, 0.5) is 14.5 Å². The molecule has 0 bridgehead atoms. The minimum atomic E-state index is -0.813. The van der Waals surface area contributed by atoms with Gasteiger partial charge in [-0.1, -0.05) is 42.1 Å². The molecule has 2 aromatic carbocycles. The van der Waals surface area contributed by atoms with Gasteiger partial charge in [0, 0.05) is 19.5 Å². The molecule has 0 unspecified atom stereocenters. The Morgan fingerprint density at radius 2 is 1.92 bits per heavy atom.